The van der Waals surface area contributed by atoms with Crippen molar-refractivity contribution in [3.8, 4) is 0 Å². The largest absolute Gasteiger partial charge is 0.121 e. The van der Waals surface area contributed by atoms with Crippen molar-refractivity contribution in [3.63, 3.8) is 0 Å². The number of benzene rings is 1. The van der Waals surface area contributed by atoms with Gasteiger partial charge < -0.3 is 0 Å². The highest BCUT2D eigenvalue weighted by molar-refractivity contribution is 7.99. The molecule has 1 aliphatic rings. The van der Waals surface area contributed by atoms with Crippen LogP contribution in [0.25, 0.3) is 0 Å². The van der Waals surface area contributed by atoms with Crippen LogP contribution in [0.5, 0.6) is 0 Å². The molecule has 0 aromatic heterocycles. The second kappa shape index (κ2) is 4.76. The third kappa shape index (κ3) is 2.46. The van der Waals surface area contributed by atoms with Gasteiger partial charge in [-0.3, -0.25) is 0 Å². The molecule has 0 unspecified atom stereocenters. The van der Waals surface area contributed by atoms with Crippen LogP contribution < -0.4 is 0 Å². The predicted octanol–water partition coefficient (Wildman–Crippen LogP) is 3.87. The van der Waals surface area contributed by atoms with Crippen LogP contribution in [-0.4, -0.2) is 10.6 Å². The Labute approximate surface area is 94.4 Å². The van der Waals surface area contributed by atoms with Gasteiger partial charge in [-0.15, -0.1) is 11.8 Å². The number of thiocarbonyl (C=S) groups is 1. The van der Waals surface area contributed by atoms with E-state index in [0.29, 0.717) is 0 Å². The molecule has 2 heteroatoms. The van der Waals surface area contributed by atoms with Crippen LogP contribution in [0, 0.1) is 0 Å². The smallest absolute Gasteiger partial charge is 0.0239 e. The molecule has 1 aliphatic carbocycles. The van der Waals surface area contributed by atoms with E-state index in [4.69, 9.17) is 12.2 Å². The van der Waals surface area contributed by atoms with Crippen LogP contribution in [0.3, 0.4) is 0 Å². The second-order valence-corrected chi connectivity index (χ2v) is 4.83. The molecule has 2 rings (SSSR count). The Morgan fingerprint density at radius 1 is 1.21 bits per heavy atom. The summed E-state index contributed by atoms with van der Waals surface area (Å²) in [5.74, 6) is 1.03. The van der Waals surface area contributed by atoms with Gasteiger partial charge in [-0.2, -0.15) is 0 Å². The van der Waals surface area contributed by atoms with Crippen molar-refractivity contribution >= 4 is 28.8 Å². The first-order valence-corrected chi connectivity index (χ1v) is 6.16. The van der Waals surface area contributed by atoms with Gasteiger partial charge >= 0.3 is 0 Å². The maximum atomic E-state index is 5.27. The minimum Gasteiger partial charge on any atom is -0.121 e. The van der Waals surface area contributed by atoms with Gasteiger partial charge in [0.05, 0.1) is 0 Å². The van der Waals surface area contributed by atoms with Gasteiger partial charge in [-0.25, -0.2) is 0 Å². The monoisotopic (exact) mass is 220 g/mol. The molecule has 0 bridgehead atoms. The van der Waals surface area contributed by atoms with Crippen molar-refractivity contribution in [1.29, 1.82) is 0 Å². The number of allylic oxidation sites excluding steroid dienone is 1. The molecule has 0 fully saturated rings. The van der Waals surface area contributed by atoms with E-state index in [1.165, 1.54) is 10.5 Å². The van der Waals surface area contributed by atoms with E-state index in [9.17, 15) is 0 Å². The normalized spacial score (nSPS) is 15.7. The van der Waals surface area contributed by atoms with Gasteiger partial charge in [0.1, 0.15) is 0 Å². The van der Waals surface area contributed by atoms with Crippen LogP contribution in [0.2, 0.25) is 0 Å². The van der Waals surface area contributed by atoms with E-state index in [0.717, 1.165) is 23.5 Å². The SMILES string of the molecule is S=C1CCC=C1CSc1ccccc1. The average Bonchev–Trinajstić information content (AvgIpc) is 2.63. The van der Waals surface area contributed by atoms with Crippen molar-refractivity contribution in [1.82, 2.24) is 0 Å². The fraction of sp³-hybridized carbons (Fsp3) is 0.250. The summed E-state index contributed by atoms with van der Waals surface area (Å²) in [5, 5.41) is 0. The number of thioether (sulfide) groups is 1. The average molecular weight is 220 g/mol. The molecule has 0 saturated carbocycles. The van der Waals surface area contributed by atoms with E-state index in [1.807, 2.05) is 17.8 Å². The molecule has 0 saturated heterocycles. The Kier molecular flexibility index (Phi) is 3.38. The minimum atomic E-state index is 1.03. The third-order valence-corrected chi connectivity index (χ3v) is 3.78. The van der Waals surface area contributed by atoms with Crippen molar-refractivity contribution in [2.45, 2.75) is 17.7 Å². The maximum Gasteiger partial charge on any atom is 0.0239 e. The lowest BCUT2D eigenvalue weighted by atomic mass is 10.3. The lowest BCUT2D eigenvalue weighted by molar-refractivity contribution is 1.15. The molecule has 1 aromatic rings. The Bertz CT molecular complexity index is 352. The second-order valence-electron chi connectivity index (χ2n) is 3.29. The Morgan fingerprint density at radius 2 is 2.00 bits per heavy atom. The first-order valence-electron chi connectivity index (χ1n) is 4.76. The summed E-state index contributed by atoms with van der Waals surface area (Å²) in [7, 11) is 0. The number of hydrogen-bond acceptors (Lipinski definition) is 2. The van der Waals surface area contributed by atoms with Gasteiger partial charge in [0, 0.05) is 15.5 Å². The van der Waals surface area contributed by atoms with Crippen LogP contribution in [0.1, 0.15) is 12.8 Å². The lowest BCUT2D eigenvalue weighted by Crippen LogP contribution is -1.94. The van der Waals surface area contributed by atoms with Gasteiger partial charge in [0.15, 0.2) is 0 Å². The molecule has 0 atom stereocenters. The van der Waals surface area contributed by atoms with Crippen LogP contribution in [0.15, 0.2) is 46.9 Å². The summed E-state index contributed by atoms with van der Waals surface area (Å²) in [6.07, 6.45) is 4.50. The molecule has 14 heavy (non-hydrogen) atoms. The van der Waals surface area contributed by atoms with Crippen LogP contribution in [-0.2, 0) is 0 Å². The molecular formula is C12H12S2. The zero-order chi connectivity index (χ0) is 9.80. The van der Waals surface area contributed by atoms with E-state index >= 15 is 0 Å². The highest BCUT2D eigenvalue weighted by atomic mass is 32.2. The molecule has 0 amide bonds. The van der Waals surface area contributed by atoms with Gasteiger partial charge in [-0.05, 0) is 30.5 Å². The van der Waals surface area contributed by atoms with E-state index < -0.39 is 0 Å². The summed E-state index contributed by atoms with van der Waals surface area (Å²) in [4.78, 5) is 2.48. The quantitative estimate of drug-likeness (QED) is 0.560. The Morgan fingerprint density at radius 3 is 2.64 bits per heavy atom. The van der Waals surface area contributed by atoms with E-state index in [-0.39, 0.29) is 0 Å². The fourth-order valence-electron chi connectivity index (χ4n) is 1.47. The maximum absolute atomic E-state index is 5.27. The van der Waals surface area contributed by atoms with Gasteiger partial charge in [0.2, 0.25) is 0 Å². The van der Waals surface area contributed by atoms with Gasteiger partial charge in [0.25, 0.3) is 0 Å². The summed E-state index contributed by atoms with van der Waals surface area (Å²) < 4.78 is 0. The zero-order valence-electron chi connectivity index (χ0n) is 7.90. The van der Waals surface area contributed by atoms with Crippen molar-refractivity contribution in [2.24, 2.45) is 0 Å². The van der Waals surface area contributed by atoms with Crippen molar-refractivity contribution < 1.29 is 0 Å². The molecule has 0 N–H and O–H groups in total. The summed E-state index contributed by atoms with van der Waals surface area (Å²) in [6.45, 7) is 0. The molecular weight excluding hydrogens is 208 g/mol. The summed E-state index contributed by atoms with van der Waals surface area (Å²) in [5.41, 5.74) is 1.37. The summed E-state index contributed by atoms with van der Waals surface area (Å²) in [6, 6.07) is 10.5. The molecule has 0 heterocycles. The number of rotatable bonds is 3. The molecule has 0 radical (unpaired) electrons. The number of hydrogen-bond donors (Lipinski definition) is 0. The first kappa shape index (κ1) is 9.94. The van der Waals surface area contributed by atoms with Crippen LogP contribution >= 0.6 is 24.0 Å². The topological polar surface area (TPSA) is 0 Å². The summed E-state index contributed by atoms with van der Waals surface area (Å²) >= 11 is 7.14. The van der Waals surface area contributed by atoms with Crippen molar-refractivity contribution in [3.05, 3.63) is 42.0 Å². The lowest BCUT2D eigenvalue weighted by Gasteiger charge is -2.02. The zero-order valence-corrected chi connectivity index (χ0v) is 9.53. The van der Waals surface area contributed by atoms with E-state index in [2.05, 4.69) is 30.3 Å². The van der Waals surface area contributed by atoms with E-state index in [1.54, 1.807) is 0 Å². The molecule has 0 nitrogen and oxygen atoms in total. The fourth-order valence-corrected chi connectivity index (χ4v) is 2.80. The van der Waals surface area contributed by atoms with Gasteiger partial charge in [-0.1, -0.05) is 36.5 Å². The Hall–Kier alpha value is -0.600. The highest BCUT2D eigenvalue weighted by Gasteiger charge is 2.10. The molecule has 0 aliphatic heterocycles. The highest BCUT2D eigenvalue weighted by Crippen LogP contribution is 2.24. The third-order valence-electron chi connectivity index (χ3n) is 2.26. The van der Waals surface area contributed by atoms with Crippen molar-refractivity contribution in [2.75, 3.05) is 5.75 Å². The Balaban J connectivity index is 1.92. The molecule has 1 aromatic carbocycles. The minimum absolute atomic E-state index is 1.03. The standard InChI is InChI=1S/C12H12S2/c13-12-8-4-5-10(12)9-14-11-6-2-1-3-7-11/h1-3,5-7H,4,8-9H2. The molecule has 0 spiro atoms. The van der Waals surface area contributed by atoms with Crippen LogP contribution in [0.4, 0.5) is 0 Å². The first-order chi connectivity index (χ1) is 6.86. The molecule has 72 valence electrons. The predicted molar refractivity (Wildman–Crippen MR) is 67.1 cm³/mol.